The number of carboxylic acids is 1. The van der Waals surface area contributed by atoms with Crippen molar-refractivity contribution in [3.8, 4) is 0 Å². The van der Waals surface area contributed by atoms with E-state index in [9.17, 15) is 9.59 Å². The first-order valence-electron chi connectivity index (χ1n) is 5.77. The Morgan fingerprint density at radius 3 is 2.83 bits per heavy atom. The lowest BCUT2D eigenvalue weighted by molar-refractivity contribution is -0.141. The van der Waals surface area contributed by atoms with E-state index < -0.39 is 17.8 Å². The number of rotatable bonds is 7. The molecule has 1 unspecified atom stereocenters. The average Bonchev–Trinajstić information content (AvgIpc) is 2.34. The summed E-state index contributed by atoms with van der Waals surface area (Å²) in [7, 11) is 0. The second kappa shape index (κ2) is 6.58. The third kappa shape index (κ3) is 4.04. The minimum atomic E-state index is -0.838. The Morgan fingerprint density at radius 2 is 2.28 bits per heavy atom. The van der Waals surface area contributed by atoms with Gasteiger partial charge in [0.1, 0.15) is 5.82 Å². The minimum absolute atomic E-state index is 0.276. The molecule has 1 amide bonds. The highest BCUT2D eigenvalue weighted by Crippen LogP contribution is 2.10. The van der Waals surface area contributed by atoms with Crippen molar-refractivity contribution < 1.29 is 14.7 Å². The molecule has 18 heavy (non-hydrogen) atoms. The van der Waals surface area contributed by atoms with Crippen LogP contribution in [0.2, 0.25) is 0 Å². The SMILES string of the molecule is CCCC(CNc1cc(C(N)=O)ccn1)C(=O)O. The van der Waals surface area contributed by atoms with Crippen LogP contribution in [0.1, 0.15) is 30.1 Å². The number of nitrogens with two attached hydrogens (primary N) is 1. The van der Waals surface area contributed by atoms with E-state index >= 15 is 0 Å². The third-order valence-corrected chi connectivity index (χ3v) is 2.56. The Balaban J connectivity index is 2.64. The fraction of sp³-hybridized carbons (Fsp3) is 0.417. The normalized spacial score (nSPS) is 11.8. The zero-order valence-corrected chi connectivity index (χ0v) is 10.2. The van der Waals surface area contributed by atoms with E-state index in [-0.39, 0.29) is 6.54 Å². The highest BCUT2D eigenvalue weighted by atomic mass is 16.4. The van der Waals surface area contributed by atoms with E-state index in [4.69, 9.17) is 10.8 Å². The summed E-state index contributed by atoms with van der Waals surface area (Å²) in [5.41, 5.74) is 5.49. The standard InChI is InChI=1S/C12H17N3O3/c1-2-3-9(12(17)18)7-15-10-6-8(11(13)16)4-5-14-10/h4-6,9H,2-3,7H2,1H3,(H2,13,16)(H,14,15)(H,17,18). The van der Waals surface area contributed by atoms with Gasteiger partial charge in [0, 0.05) is 18.3 Å². The first-order valence-corrected chi connectivity index (χ1v) is 5.77. The summed E-state index contributed by atoms with van der Waals surface area (Å²) in [6, 6.07) is 3.02. The van der Waals surface area contributed by atoms with E-state index in [0.29, 0.717) is 17.8 Å². The van der Waals surface area contributed by atoms with Gasteiger partial charge < -0.3 is 16.2 Å². The lowest BCUT2D eigenvalue weighted by atomic mass is 10.0. The largest absolute Gasteiger partial charge is 0.481 e. The molecule has 1 aromatic rings. The van der Waals surface area contributed by atoms with Crippen LogP contribution in [0.4, 0.5) is 5.82 Å². The maximum absolute atomic E-state index is 11.0. The Morgan fingerprint density at radius 1 is 1.56 bits per heavy atom. The van der Waals surface area contributed by atoms with Gasteiger partial charge in [-0.25, -0.2) is 4.98 Å². The van der Waals surface area contributed by atoms with Gasteiger partial charge in [-0.2, -0.15) is 0 Å². The van der Waals surface area contributed by atoms with E-state index in [0.717, 1.165) is 6.42 Å². The molecule has 98 valence electrons. The molecule has 0 aromatic carbocycles. The van der Waals surface area contributed by atoms with Crippen LogP contribution < -0.4 is 11.1 Å². The fourth-order valence-corrected chi connectivity index (χ4v) is 1.57. The smallest absolute Gasteiger partial charge is 0.308 e. The van der Waals surface area contributed by atoms with Crippen molar-refractivity contribution in [3.05, 3.63) is 23.9 Å². The lowest BCUT2D eigenvalue weighted by Gasteiger charge is -2.12. The average molecular weight is 251 g/mol. The molecule has 6 heteroatoms. The van der Waals surface area contributed by atoms with Gasteiger partial charge in [0.05, 0.1) is 5.92 Å². The Bertz CT molecular complexity index is 434. The second-order valence-corrected chi connectivity index (χ2v) is 4.00. The predicted molar refractivity (Wildman–Crippen MR) is 67.3 cm³/mol. The highest BCUT2D eigenvalue weighted by molar-refractivity contribution is 5.93. The van der Waals surface area contributed by atoms with Crippen LogP contribution in [0.5, 0.6) is 0 Å². The van der Waals surface area contributed by atoms with Crippen LogP contribution in [0.3, 0.4) is 0 Å². The molecule has 0 radical (unpaired) electrons. The van der Waals surface area contributed by atoms with E-state index in [1.165, 1.54) is 18.3 Å². The number of amides is 1. The predicted octanol–water partition coefficient (Wildman–Crippen LogP) is 1.09. The molecular weight excluding hydrogens is 234 g/mol. The maximum Gasteiger partial charge on any atom is 0.308 e. The summed E-state index contributed by atoms with van der Waals surface area (Å²) in [4.78, 5) is 25.9. The molecule has 0 saturated carbocycles. The van der Waals surface area contributed by atoms with Crippen molar-refractivity contribution in [1.82, 2.24) is 4.98 Å². The van der Waals surface area contributed by atoms with Gasteiger partial charge in [0.25, 0.3) is 0 Å². The van der Waals surface area contributed by atoms with E-state index in [2.05, 4.69) is 10.3 Å². The number of nitrogens with one attached hydrogen (secondary N) is 1. The van der Waals surface area contributed by atoms with E-state index in [1.807, 2.05) is 6.92 Å². The van der Waals surface area contributed by atoms with Crippen molar-refractivity contribution in [1.29, 1.82) is 0 Å². The summed E-state index contributed by atoms with van der Waals surface area (Å²) >= 11 is 0. The Kier molecular flexibility index (Phi) is 5.10. The summed E-state index contributed by atoms with van der Waals surface area (Å²) < 4.78 is 0. The molecule has 1 aromatic heterocycles. The molecule has 0 fully saturated rings. The summed E-state index contributed by atoms with van der Waals surface area (Å²) in [5, 5.41) is 11.9. The number of pyridine rings is 1. The van der Waals surface area contributed by atoms with Gasteiger partial charge in [0.15, 0.2) is 0 Å². The zero-order chi connectivity index (χ0) is 13.5. The topological polar surface area (TPSA) is 105 Å². The van der Waals surface area contributed by atoms with Crippen LogP contribution >= 0.6 is 0 Å². The molecule has 0 aliphatic carbocycles. The van der Waals surface area contributed by atoms with Gasteiger partial charge in [-0.1, -0.05) is 13.3 Å². The number of nitrogens with zero attached hydrogens (tertiary/aromatic N) is 1. The highest BCUT2D eigenvalue weighted by Gasteiger charge is 2.16. The molecule has 1 atom stereocenters. The molecule has 0 aliphatic rings. The summed E-state index contributed by atoms with van der Waals surface area (Å²) in [6.45, 7) is 2.21. The van der Waals surface area contributed by atoms with Crippen molar-refractivity contribution in [2.45, 2.75) is 19.8 Å². The summed E-state index contributed by atoms with van der Waals surface area (Å²) in [5.74, 6) is -1.39. The van der Waals surface area contributed by atoms with Crippen molar-refractivity contribution in [3.63, 3.8) is 0 Å². The number of hydrogen-bond acceptors (Lipinski definition) is 4. The number of carboxylic acid groups (broad SMARTS) is 1. The number of carbonyl (C=O) groups is 2. The van der Waals surface area contributed by atoms with E-state index in [1.54, 1.807) is 0 Å². The quantitative estimate of drug-likeness (QED) is 0.672. The number of anilines is 1. The molecular formula is C12H17N3O3. The molecule has 0 spiro atoms. The molecule has 0 saturated heterocycles. The van der Waals surface area contributed by atoms with Crippen molar-refractivity contribution in [2.24, 2.45) is 11.7 Å². The van der Waals surface area contributed by atoms with Gasteiger partial charge in [-0.15, -0.1) is 0 Å². The van der Waals surface area contributed by atoms with Crippen LogP contribution in [-0.2, 0) is 4.79 Å². The molecule has 6 nitrogen and oxygen atoms in total. The second-order valence-electron chi connectivity index (χ2n) is 4.00. The zero-order valence-electron chi connectivity index (χ0n) is 10.2. The minimum Gasteiger partial charge on any atom is -0.481 e. The number of aliphatic carboxylic acids is 1. The van der Waals surface area contributed by atoms with Gasteiger partial charge in [0.2, 0.25) is 5.91 Å². The monoisotopic (exact) mass is 251 g/mol. The maximum atomic E-state index is 11.0. The molecule has 1 rings (SSSR count). The first kappa shape index (κ1) is 14.0. The van der Waals surface area contributed by atoms with Gasteiger partial charge >= 0.3 is 5.97 Å². The number of carbonyl (C=O) groups excluding carboxylic acids is 1. The Hall–Kier alpha value is -2.11. The Labute approximate surface area is 105 Å². The number of aromatic nitrogens is 1. The third-order valence-electron chi connectivity index (χ3n) is 2.56. The van der Waals surface area contributed by atoms with Gasteiger partial charge in [-0.05, 0) is 18.6 Å². The van der Waals surface area contributed by atoms with Crippen LogP contribution in [-0.4, -0.2) is 28.5 Å². The van der Waals surface area contributed by atoms with Crippen molar-refractivity contribution in [2.75, 3.05) is 11.9 Å². The van der Waals surface area contributed by atoms with Crippen LogP contribution in [0, 0.1) is 5.92 Å². The van der Waals surface area contributed by atoms with Crippen LogP contribution in [0.15, 0.2) is 18.3 Å². The van der Waals surface area contributed by atoms with Crippen LogP contribution in [0.25, 0.3) is 0 Å². The summed E-state index contributed by atoms with van der Waals surface area (Å²) in [6.07, 6.45) is 2.85. The fourth-order valence-electron chi connectivity index (χ4n) is 1.57. The number of hydrogen-bond donors (Lipinski definition) is 3. The van der Waals surface area contributed by atoms with Gasteiger partial charge in [-0.3, -0.25) is 9.59 Å². The molecule has 4 N–H and O–H groups in total. The lowest BCUT2D eigenvalue weighted by Crippen LogP contribution is -2.23. The molecule has 0 bridgehead atoms. The van der Waals surface area contributed by atoms with Crippen molar-refractivity contribution >= 4 is 17.7 Å². The molecule has 0 aliphatic heterocycles. The number of primary amides is 1. The molecule has 1 heterocycles. The first-order chi connectivity index (χ1) is 8.54.